The number of nitrogens with one attached hydrogen (secondary N) is 1. The van der Waals surface area contributed by atoms with E-state index in [1.54, 1.807) is 0 Å². The van der Waals surface area contributed by atoms with Crippen LogP contribution in [0.2, 0.25) is 5.02 Å². The second-order valence-electron chi connectivity index (χ2n) is 5.15. The molecule has 1 amide bonds. The summed E-state index contributed by atoms with van der Waals surface area (Å²) >= 11 is 11.5. The number of halogens is 2. The molecule has 1 aliphatic heterocycles. The highest BCUT2D eigenvalue weighted by molar-refractivity contribution is 6.30. The molecule has 1 aromatic carbocycles. The topological polar surface area (TPSA) is 35.6 Å². The third-order valence-electron chi connectivity index (χ3n) is 3.64. The number of alkyl halides is 1. The first-order valence-corrected chi connectivity index (χ1v) is 8.16. The quantitative estimate of drug-likeness (QED) is 0.642. The maximum atomic E-state index is 11.0. The number of benzene rings is 1. The van der Waals surface area contributed by atoms with E-state index in [-0.39, 0.29) is 11.8 Å². The Morgan fingerprint density at radius 3 is 2.67 bits per heavy atom. The minimum Gasteiger partial charge on any atom is -0.369 e. The van der Waals surface area contributed by atoms with Crippen molar-refractivity contribution >= 4 is 34.8 Å². The molecule has 0 spiro atoms. The normalized spacial score (nSPS) is 16.0. The summed E-state index contributed by atoms with van der Waals surface area (Å²) in [5.74, 6) is -0.0550. The monoisotopic (exact) mass is 329 g/mol. The van der Waals surface area contributed by atoms with Crippen molar-refractivity contribution in [2.75, 3.05) is 50.0 Å². The lowest BCUT2D eigenvalue weighted by molar-refractivity contribution is -0.118. The molecule has 0 unspecified atom stereocenters. The molecule has 0 saturated carbocycles. The number of hydrogen-bond donors (Lipinski definition) is 1. The third-order valence-corrected chi connectivity index (χ3v) is 4.12. The average molecular weight is 330 g/mol. The highest BCUT2D eigenvalue weighted by Gasteiger charge is 2.16. The van der Waals surface area contributed by atoms with Crippen LogP contribution in [0.1, 0.15) is 6.42 Å². The van der Waals surface area contributed by atoms with E-state index < -0.39 is 0 Å². The van der Waals surface area contributed by atoms with Gasteiger partial charge in [-0.3, -0.25) is 9.69 Å². The van der Waals surface area contributed by atoms with E-state index >= 15 is 0 Å². The molecule has 21 heavy (non-hydrogen) atoms. The van der Waals surface area contributed by atoms with Gasteiger partial charge in [-0.25, -0.2) is 0 Å². The summed E-state index contributed by atoms with van der Waals surface area (Å²) in [6.45, 7) is 5.79. The Morgan fingerprint density at radius 2 is 2.00 bits per heavy atom. The summed E-state index contributed by atoms with van der Waals surface area (Å²) < 4.78 is 0. The molecule has 0 aromatic heterocycles. The molecule has 1 heterocycles. The van der Waals surface area contributed by atoms with Crippen LogP contribution in [0.5, 0.6) is 0 Å². The van der Waals surface area contributed by atoms with Crippen LogP contribution in [-0.4, -0.2) is 56.0 Å². The van der Waals surface area contributed by atoms with Crippen LogP contribution in [0.3, 0.4) is 0 Å². The number of nitrogens with zero attached hydrogens (tertiary/aromatic N) is 2. The van der Waals surface area contributed by atoms with Crippen LogP contribution < -0.4 is 10.2 Å². The van der Waals surface area contributed by atoms with E-state index in [1.807, 2.05) is 18.2 Å². The van der Waals surface area contributed by atoms with Crippen molar-refractivity contribution < 1.29 is 4.79 Å². The van der Waals surface area contributed by atoms with Crippen molar-refractivity contribution in [3.8, 4) is 0 Å². The Morgan fingerprint density at radius 1 is 1.24 bits per heavy atom. The molecule has 1 N–H and O–H groups in total. The summed E-state index contributed by atoms with van der Waals surface area (Å²) in [5, 5.41) is 3.57. The van der Waals surface area contributed by atoms with Gasteiger partial charge in [0.25, 0.3) is 0 Å². The van der Waals surface area contributed by atoms with Crippen molar-refractivity contribution in [1.82, 2.24) is 10.2 Å². The predicted molar refractivity (Wildman–Crippen MR) is 88.5 cm³/mol. The second kappa shape index (κ2) is 8.47. The number of rotatable bonds is 6. The molecule has 0 atom stereocenters. The maximum absolute atomic E-state index is 11.0. The van der Waals surface area contributed by atoms with Gasteiger partial charge < -0.3 is 10.2 Å². The lowest BCUT2D eigenvalue weighted by Gasteiger charge is -2.36. The van der Waals surface area contributed by atoms with E-state index in [4.69, 9.17) is 23.2 Å². The van der Waals surface area contributed by atoms with Gasteiger partial charge in [0.15, 0.2) is 0 Å². The Bertz CT molecular complexity index is 462. The molecular weight excluding hydrogens is 309 g/mol. The molecule has 0 aliphatic carbocycles. The van der Waals surface area contributed by atoms with Crippen LogP contribution in [-0.2, 0) is 4.79 Å². The summed E-state index contributed by atoms with van der Waals surface area (Å²) in [7, 11) is 0. The molecule has 1 aliphatic rings. The zero-order chi connectivity index (χ0) is 15.1. The Hall–Kier alpha value is -0.970. The first-order chi connectivity index (χ1) is 10.2. The van der Waals surface area contributed by atoms with Crippen LogP contribution >= 0.6 is 23.2 Å². The van der Waals surface area contributed by atoms with E-state index in [0.29, 0.717) is 6.54 Å². The number of carbonyl (C=O) groups is 1. The molecule has 6 heteroatoms. The molecule has 116 valence electrons. The van der Waals surface area contributed by atoms with Crippen molar-refractivity contribution in [3.05, 3.63) is 29.3 Å². The smallest absolute Gasteiger partial charge is 0.234 e. The van der Waals surface area contributed by atoms with Crippen LogP contribution in [0.25, 0.3) is 0 Å². The first kappa shape index (κ1) is 16.4. The minimum absolute atomic E-state index is 0.0400. The molecule has 1 fully saturated rings. The molecule has 0 radical (unpaired) electrons. The molecule has 1 saturated heterocycles. The van der Waals surface area contributed by atoms with Crippen LogP contribution in [0.15, 0.2) is 24.3 Å². The van der Waals surface area contributed by atoms with E-state index in [9.17, 15) is 4.79 Å². The molecular formula is C15H21Cl2N3O. The Labute approximate surface area is 136 Å². The fourth-order valence-corrected chi connectivity index (χ4v) is 2.76. The summed E-state index contributed by atoms with van der Waals surface area (Å²) in [6, 6.07) is 8.00. The predicted octanol–water partition coefficient (Wildman–Crippen LogP) is 2.21. The highest BCUT2D eigenvalue weighted by Crippen LogP contribution is 2.20. The molecule has 4 nitrogen and oxygen atoms in total. The Balaban J connectivity index is 1.67. The summed E-state index contributed by atoms with van der Waals surface area (Å²) in [5.41, 5.74) is 1.19. The molecule has 0 bridgehead atoms. The average Bonchev–Trinajstić information content (AvgIpc) is 2.52. The first-order valence-electron chi connectivity index (χ1n) is 7.24. The van der Waals surface area contributed by atoms with E-state index in [1.165, 1.54) is 5.69 Å². The number of amides is 1. The number of piperazine rings is 1. The van der Waals surface area contributed by atoms with Crippen LogP contribution in [0, 0.1) is 0 Å². The lowest BCUT2D eigenvalue weighted by Crippen LogP contribution is -2.47. The number of carbonyl (C=O) groups excluding carboxylic acids is 1. The summed E-state index contributed by atoms with van der Waals surface area (Å²) in [4.78, 5) is 15.8. The van der Waals surface area contributed by atoms with Crippen molar-refractivity contribution in [1.29, 1.82) is 0 Å². The van der Waals surface area contributed by atoms with Gasteiger partial charge in [-0.05, 0) is 31.2 Å². The zero-order valence-electron chi connectivity index (χ0n) is 12.0. The minimum atomic E-state index is -0.0950. The van der Waals surface area contributed by atoms with Gasteiger partial charge in [0.05, 0.1) is 0 Å². The van der Waals surface area contributed by atoms with Gasteiger partial charge in [0, 0.05) is 43.4 Å². The van der Waals surface area contributed by atoms with Crippen molar-refractivity contribution in [3.63, 3.8) is 0 Å². The summed E-state index contributed by atoms with van der Waals surface area (Å²) in [6.07, 6.45) is 0.958. The zero-order valence-corrected chi connectivity index (χ0v) is 13.5. The van der Waals surface area contributed by atoms with Crippen molar-refractivity contribution in [2.24, 2.45) is 0 Å². The number of hydrogen-bond acceptors (Lipinski definition) is 3. The molecule has 2 rings (SSSR count). The second-order valence-corrected chi connectivity index (χ2v) is 5.85. The van der Waals surface area contributed by atoms with Gasteiger partial charge >= 0.3 is 0 Å². The van der Waals surface area contributed by atoms with E-state index in [0.717, 1.165) is 44.2 Å². The van der Waals surface area contributed by atoms with E-state index in [2.05, 4.69) is 21.2 Å². The highest BCUT2D eigenvalue weighted by atomic mass is 35.5. The third kappa shape index (κ3) is 5.38. The molecule has 1 aromatic rings. The van der Waals surface area contributed by atoms with Crippen molar-refractivity contribution in [2.45, 2.75) is 6.42 Å². The largest absolute Gasteiger partial charge is 0.369 e. The maximum Gasteiger partial charge on any atom is 0.234 e. The Kier molecular flexibility index (Phi) is 6.61. The van der Waals surface area contributed by atoms with Gasteiger partial charge in [0.1, 0.15) is 5.88 Å². The van der Waals surface area contributed by atoms with Gasteiger partial charge in [-0.2, -0.15) is 0 Å². The van der Waals surface area contributed by atoms with Crippen LogP contribution in [0.4, 0.5) is 5.69 Å². The fourth-order valence-electron chi connectivity index (χ4n) is 2.48. The van der Waals surface area contributed by atoms with Gasteiger partial charge in [0.2, 0.25) is 5.91 Å². The standard InChI is InChI=1S/C15H21Cl2N3O/c16-12-15(21)18-5-2-6-19-7-9-20(10-8-19)14-4-1-3-13(17)11-14/h1,3-4,11H,2,5-10,12H2,(H,18,21). The van der Waals surface area contributed by atoms with Gasteiger partial charge in [-0.15, -0.1) is 11.6 Å². The number of anilines is 1. The van der Waals surface area contributed by atoms with Gasteiger partial charge in [-0.1, -0.05) is 17.7 Å². The fraction of sp³-hybridized carbons (Fsp3) is 0.533. The lowest BCUT2D eigenvalue weighted by atomic mass is 10.2. The SMILES string of the molecule is O=C(CCl)NCCCN1CCN(c2cccc(Cl)c2)CC1.